The molecule has 0 aromatic heterocycles. The van der Waals surface area contributed by atoms with E-state index in [0.717, 1.165) is 19.3 Å². The maximum absolute atomic E-state index is 11.9. The Hall–Kier alpha value is -1.46. The van der Waals surface area contributed by atoms with Gasteiger partial charge in [0.25, 0.3) is 0 Å². The first-order chi connectivity index (χ1) is 9.43. The monoisotopic (exact) mass is 285 g/mol. The Morgan fingerprint density at radius 3 is 2.55 bits per heavy atom. The molecule has 1 saturated carbocycles. The molecule has 0 heterocycles. The number of nitrogens with zero attached hydrogens (tertiary/aromatic N) is 1. The van der Waals surface area contributed by atoms with Crippen LogP contribution >= 0.6 is 0 Å². The second kappa shape index (κ2) is 7.36. The first-order valence-electron chi connectivity index (χ1n) is 7.36. The molecule has 1 aliphatic rings. The lowest BCUT2D eigenvalue weighted by Crippen LogP contribution is -2.59. The van der Waals surface area contributed by atoms with Crippen LogP contribution in [0.25, 0.3) is 0 Å². The molecular formula is C14H27N3O3. The Labute approximate surface area is 120 Å². The van der Waals surface area contributed by atoms with Crippen molar-refractivity contribution in [1.29, 1.82) is 0 Å². The molecule has 0 spiro atoms. The number of alkyl carbamates (subject to hydrolysis) is 1. The Balaban J connectivity index is 2.68. The molecule has 20 heavy (non-hydrogen) atoms. The lowest BCUT2D eigenvalue weighted by atomic mass is 9.75. The lowest BCUT2D eigenvalue weighted by molar-refractivity contribution is 0.118. The Morgan fingerprint density at radius 1 is 1.50 bits per heavy atom. The van der Waals surface area contributed by atoms with Crippen molar-refractivity contribution >= 4 is 11.9 Å². The van der Waals surface area contributed by atoms with E-state index in [0.29, 0.717) is 25.4 Å². The van der Waals surface area contributed by atoms with Gasteiger partial charge < -0.3 is 21.0 Å². The number of rotatable bonds is 5. The predicted molar refractivity (Wildman–Crippen MR) is 77.7 cm³/mol. The largest absolute Gasteiger partial charge is 0.449 e. The van der Waals surface area contributed by atoms with Crippen LogP contribution in [-0.4, -0.2) is 29.3 Å². The molecule has 6 nitrogen and oxygen atoms in total. The van der Waals surface area contributed by atoms with Crippen LogP contribution in [0, 0.1) is 11.8 Å². The van der Waals surface area contributed by atoms with E-state index in [-0.39, 0.29) is 11.8 Å². The molecule has 0 radical (unpaired) electrons. The smallest absolute Gasteiger partial charge is 0.407 e. The standard InChI is InChI=1S/C14H27N3O3/c1-4-11-5-7-14(8-6-11,12(15)17-19)16-13(18)20-9-10(2)3/h10-11,19H,4-9H2,1-3H3,(H2,15,17)(H,16,18). The van der Waals surface area contributed by atoms with Crippen molar-refractivity contribution in [2.75, 3.05) is 6.61 Å². The van der Waals surface area contributed by atoms with E-state index in [1.807, 2.05) is 13.8 Å². The molecule has 0 unspecified atom stereocenters. The van der Waals surface area contributed by atoms with Gasteiger partial charge in [-0.1, -0.05) is 32.3 Å². The van der Waals surface area contributed by atoms with E-state index in [1.165, 1.54) is 0 Å². The number of carbonyl (C=O) groups excluding carboxylic acids is 1. The van der Waals surface area contributed by atoms with E-state index in [1.54, 1.807) is 0 Å². The van der Waals surface area contributed by atoms with Crippen molar-refractivity contribution in [2.45, 2.75) is 58.4 Å². The zero-order chi connectivity index (χ0) is 15.2. The third-order valence-corrected chi connectivity index (χ3v) is 4.02. The molecule has 1 fully saturated rings. The number of ether oxygens (including phenoxy) is 1. The van der Waals surface area contributed by atoms with Gasteiger partial charge in [0.2, 0.25) is 0 Å². The number of hydrogen-bond donors (Lipinski definition) is 3. The van der Waals surface area contributed by atoms with Gasteiger partial charge in [0.1, 0.15) is 5.54 Å². The van der Waals surface area contributed by atoms with Crippen LogP contribution < -0.4 is 11.1 Å². The number of hydrogen-bond acceptors (Lipinski definition) is 4. The molecule has 4 N–H and O–H groups in total. The summed E-state index contributed by atoms with van der Waals surface area (Å²) in [6.45, 7) is 6.46. The molecule has 0 aliphatic heterocycles. The lowest BCUT2D eigenvalue weighted by Gasteiger charge is -2.39. The second-order valence-corrected chi connectivity index (χ2v) is 6.04. The van der Waals surface area contributed by atoms with Crippen molar-refractivity contribution in [3.8, 4) is 0 Å². The minimum atomic E-state index is -0.769. The van der Waals surface area contributed by atoms with Gasteiger partial charge in [-0.2, -0.15) is 0 Å². The highest BCUT2D eigenvalue weighted by Gasteiger charge is 2.40. The number of nitrogens with one attached hydrogen (secondary N) is 1. The maximum Gasteiger partial charge on any atom is 0.407 e. The van der Waals surface area contributed by atoms with Crippen LogP contribution in [0.3, 0.4) is 0 Å². The third kappa shape index (κ3) is 4.28. The highest BCUT2D eigenvalue weighted by atomic mass is 16.5. The summed E-state index contributed by atoms with van der Waals surface area (Å²) in [6.07, 6.45) is 3.88. The number of amides is 1. The summed E-state index contributed by atoms with van der Waals surface area (Å²) in [6, 6.07) is 0. The first kappa shape index (κ1) is 16.6. The number of oxime groups is 1. The molecule has 116 valence electrons. The topological polar surface area (TPSA) is 96.9 Å². The van der Waals surface area contributed by atoms with Gasteiger partial charge in [0, 0.05) is 0 Å². The summed E-state index contributed by atoms with van der Waals surface area (Å²) in [5.41, 5.74) is 5.03. The van der Waals surface area contributed by atoms with Gasteiger partial charge in [0.15, 0.2) is 5.84 Å². The average molecular weight is 285 g/mol. The molecule has 6 heteroatoms. The quantitative estimate of drug-likeness (QED) is 0.313. The Kier molecular flexibility index (Phi) is 6.10. The average Bonchev–Trinajstić information content (AvgIpc) is 2.45. The van der Waals surface area contributed by atoms with E-state index in [9.17, 15) is 4.79 Å². The van der Waals surface area contributed by atoms with E-state index >= 15 is 0 Å². The van der Waals surface area contributed by atoms with Gasteiger partial charge >= 0.3 is 6.09 Å². The highest BCUT2D eigenvalue weighted by molar-refractivity contribution is 5.92. The minimum Gasteiger partial charge on any atom is -0.449 e. The zero-order valence-electron chi connectivity index (χ0n) is 12.7. The van der Waals surface area contributed by atoms with Crippen molar-refractivity contribution in [3.63, 3.8) is 0 Å². The van der Waals surface area contributed by atoms with Gasteiger partial charge in [-0.25, -0.2) is 4.79 Å². The third-order valence-electron chi connectivity index (χ3n) is 4.02. The van der Waals surface area contributed by atoms with Crippen LogP contribution in [0.2, 0.25) is 0 Å². The summed E-state index contributed by atoms with van der Waals surface area (Å²) in [4.78, 5) is 11.9. The molecule has 0 aromatic carbocycles. The molecule has 1 amide bonds. The Bertz CT molecular complexity index is 348. The number of nitrogens with two attached hydrogens (primary N) is 1. The minimum absolute atomic E-state index is 0.0635. The molecule has 1 aliphatic carbocycles. The Morgan fingerprint density at radius 2 is 2.10 bits per heavy atom. The summed E-state index contributed by atoms with van der Waals surface area (Å²) in [7, 11) is 0. The first-order valence-corrected chi connectivity index (χ1v) is 7.36. The predicted octanol–water partition coefficient (Wildman–Crippen LogP) is 2.45. The van der Waals surface area contributed by atoms with Crippen LogP contribution in [0.5, 0.6) is 0 Å². The molecule has 0 bridgehead atoms. The fourth-order valence-electron chi connectivity index (χ4n) is 2.59. The van der Waals surface area contributed by atoms with Crippen molar-refractivity contribution in [1.82, 2.24) is 5.32 Å². The van der Waals surface area contributed by atoms with Crippen molar-refractivity contribution in [2.24, 2.45) is 22.7 Å². The highest BCUT2D eigenvalue weighted by Crippen LogP contribution is 2.34. The SMILES string of the molecule is CCC1CCC(NC(=O)OCC(C)C)(/C(N)=N/O)CC1. The van der Waals surface area contributed by atoms with Crippen molar-refractivity contribution in [3.05, 3.63) is 0 Å². The molecule has 1 rings (SSSR count). The van der Waals surface area contributed by atoms with E-state index < -0.39 is 11.6 Å². The maximum atomic E-state index is 11.9. The normalized spacial score (nSPS) is 27.4. The van der Waals surface area contributed by atoms with Crippen LogP contribution in [-0.2, 0) is 4.74 Å². The second-order valence-electron chi connectivity index (χ2n) is 6.04. The fourth-order valence-corrected chi connectivity index (χ4v) is 2.59. The van der Waals surface area contributed by atoms with E-state index in [2.05, 4.69) is 17.4 Å². The van der Waals surface area contributed by atoms with Crippen molar-refractivity contribution < 1.29 is 14.7 Å². The summed E-state index contributed by atoms with van der Waals surface area (Å²) in [5, 5.41) is 14.9. The fraction of sp³-hybridized carbons (Fsp3) is 0.857. The molecule has 0 atom stereocenters. The van der Waals surface area contributed by atoms with Crippen LogP contribution in [0.4, 0.5) is 4.79 Å². The summed E-state index contributed by atoms with van der Waals surface area (Å²) in [5.74, 6) is 0.980. The number of amidine groups is 1. The molecule has 0 saturated heterocycles. The van der Waals surface area contributed by atoms with Crippen LogP contribution in [0.1, 0.15) is 52.9 Å². The molecule has 0 aromatic rings. The summed E-state index contributed by atoms with van der Waals surface area (Å²) >= 11 is 0. The zero-order valence-corrected chi connectivity index (χ0v) is 12.7. The van der Waals surface area contributed by atoms with Gasteiger partial charge in [-0.05, 0) is 37.5 Å². The van der Waals surface area contributed by atoms with Gasteiger partial charge in [0.05, 0.1) is 6.61 Å². The van der Waals surface area contributed by atoms with Crippen LogP contribution in [0.15, 0.2) is 5.16 Å². The van der Waals surface area contributed by atoms with Gasteiger partial charge in [-0.15, -0.1) is 0 Å². The van der Waals surface area contributed by atoms with Gasteiger partial charge in [-0.3, -0.25) is 0 Å². The van der Waals surface area contributed by atoms with E-state index in [4.69, 9.17) is 15.7 Å². The number of carbonyl (C=O) groups is 1. The summed E-state index contributed by atoms with van der Waals surface area (Å²) < 4.78 is 5.14. The molecular weight excluding hydrogens is 258 g/mol.